The lowest BCUT2D eigenvalue weighted by Gasteiger charge is -2.08. The van der Waals surface area contributed by atoms with Gasteiger partial charge in [-0.1, -0.05) is 29.8 Å². The highest BCUT2D eigenvalue weighted by atomic mass is 35.5. The van der Waals surface area contributed by atoms with Gasteiger partial charge >= 0.3 is 0 Å². The van der Waals surface area contributed by atoms with Crippen molar-refractivity contribution in [2.24, 2.45) is 0 Å². The van der Waals surface area contributed by atoms with Gasteiger partial charge in [-0.3, -0.25) is 0 Å². The molecule has 0 aliphatic heterocycles. The minimum absolute atomic E-state index is 0.493. The fourth-order valence-corrected chi connectivity index (χ4v) is 2.54. The summed E-state index contributed by atoms with van der Waals surface area (Å²) in [6.45, 7) is 0.493. The van der Waals surface area contributed by atoms with E-state index in [0.717, 1.165) is 34.7 Å². The molecule has 0 aromatic heterocycles. The summed E-state index contributed by atoms with van der Waals surface area (Å²) in [5, 5.41) is 8.60. The lowest BCUT2D eigenvalue weighted by molar-refractivity contribution is 0.306. The largest absolute Gasteiger partial charge is 0.489 e. The zero-order chi connectivity index (χ0) is 13.2. The summed E-state index contributed by atoms with van der Waals surface area (Å²) in [6, 6.07) is 13.7. The SMILES string of the molecule is N=C1CCc2ccc(OCc3cccc(Cl)c3)cc21. The summed E-state index contributed by atoms with van der Waals surface area (Å²) in [5.41, 5.74) is 4.04. The van der Waals surface area contributed by atoms with E-state index in [4.69, 9.17) is 21.7 Å². The van der Waals surface area contributed by atoms with Crippen LogP contribution in [0.1, 0.15) is 23.1 Å². The Balaban J connectivity index is 1.74. The van der Waals surface area contributed by atoms with Gasteiger partial charge in [0.2, 0.25) is 0 Å². The Hall–Kier alpha value is -1.80. The van der Waals surface area contributed by atoms with Gasteiger partial charge in [-0.15, -0.1) is 0 Å². The van der Waals surface area contributed by atoms with Crippen molar-refractivity contribution in [3.63, 3.8) is 0 Å². The first-order chi connectivity index (χ1) is 9.22. The van der Waals surface area contributed by atoms with Gasteiger partial charge in [0.25, 0.3) is 0 Å². The minimum atomic E-state index is 0.493. The summed E-state index contributed by atoms with van der Waals surface area (Å²) < 4.78 is 5.77. The predicted molar refractivity (Wildman–Crippen MR) is 77.4 cm³/mol. The number of hydrogen-bond acceptors (Lipinski definition) is 2. The van der Waals surface area contributed by atoms with Crippen LogP contribution in [0, 0.1) is 5.41 Å². The predicted octanol–water partition coefficient (Wildman–Crippen LogP) is 4.23. The molecule has 19 heavy (non-hydrogen) atoms. The zero-order valence-corrected chi connectivity index (χ0v) is 11.2. The van der Waals surface area contributed by atoms with Crippen molar-refractivity contribution in [2.75, 3.05) is 0 Å². The number of ether oxygens (including phenoxy) is 1. The highest BCUT2D eigenvalue weighted by Gasteiger charge is 2.16. The molecule has 0 bridgehead atoms. The second-order valence-corrected chi connectivity index (χ2v) is 5.15. The van der Waals surface area contributed by atoms with Gasteiger partial charge in [0.15, 0.2) is 0 Å². The van der Waals surface area contributed by atoms with Crippen LogP contribution in [0.15, 0.2) is 42.5 Å². The molecule has 0 radical (unpaired) electrons. The van der Waals surface area contributed by atoms with Crippen molar-refractivity contribution in [2.45, 2.75) is 19.4 Å². The van der Waals surface area contributed by atoms with Crippen molar-refractivity contribution in [3.05, 3.63) is 64.2 Å². The summed E-state index contributed by atoms with van der Waals surface area (Å²) in [7, 11) is 0. The first-order valence-corrected chi connectivity index (χ1v) is 6.68. The van der Waals surface area contributed by atoms with Crippen LogP contribution < -0.4 is 4.74 Å². The van der Waals surface area contributed by atoms with E-state index >= 15 is 0 Å². The number of hydrogen-bond donors (Lipinski definition) is 1. The molecule has 1 aliphatic rings. The van der Waals surface area contributed by atoms with E-state index in [-0.39, 0.29) is 0 Å². The van der Waals surface area contributed by atoms with E-state index in [1.807, 2.05) is 36.4 Å². The molecule has 0 unspecified atom stereocenters. The molecular weight excluding hydrogens is 258 g/mol. The monoisotopic (exact) mass is 271 g/mol. The first kappa shape index (κ1) is 12.2. The standard InChI is InChI=1S/C16H14ClNO/c17-13-3-1-2-11(8-13)10-19-14-6-4-12-5-7-16(18)15(12)9-14/h1-4,6,8-9,18H,5,7,10H2. The Morgan fingerprint density at radius 1 is 1.11 bits per heavy atom. The van der Waals surface area contributed by atoms with E-state index in [1.54, 1.807) is 0 Å². The Kier molecular flexibility index (Phi) is 3.26. The lowest BCUT2D eigenvalue weighted by atomic mass is 10.1. The Bertz CT molecular complexity index is 636. The van der Waals surface area contributed by atoms with E-state index < -0.39 is 0 Å². The molecule has 3 rings (SSSR count). The fraction of sp³-hybridized carbons (Fsp3) is 0.188. The Morgan fingerprint density at radius 3 is 2.84 bits per heavy atom. The van der Waals surface area contributed by atoms with E-state index in [9.17, 15) is 0 Å². The normalized spacial score (nSPS) is 13.4. The van der Waals surface area contributed by atoms with Gasteiger partial charge in [-0.05, 0) is 48.2 Å². The third kappa shape index (κ3) is 2.64. The van der Waals surface area contributed by atoms with Gasteiger partial charge in [0.1, 0.15) is 12.4 Å². The molecule has 2 nitrogen and oxygen atoms in total. The average molecular weight is 272 g/mol. The minimum Gasteiger partial charge on any atom is -0.489 e. The molecule has 0 heterocycles. The maximum Gasteiger partial charge on any atom is 0.120 e. The zero-order valence-electron chi connectivity index (χ0n) is 10.4. The molecule has 0 saturated carbocycles. The smallest absolute Gasteiger partial charge is 0.120 e. The van der Waals surface area contributed by atoms with Crippen LogP contribution in [0.4, 0.5) is 0 Å². The van der Waals surface area contributed by atoms with Crippen LogP contribution in [0.3, 0.4) is 0 Å². The Morgan fingerprint density at radius 2 is 2.00 bits per heavy atom. The topological polar surface area (TPSA) is 33.1 Å². The summed E-state index contributed by atoms with van der Waals surface area (Å²) in [5.74, 6) is 0.811. The molecule has 1 aliphatic carbocycles. The quantitative estimate of drug-likeness (QED) is 0.890. The highest BCUT2D eigenvalue weighted by Crippen LogP contribution is 2.26. The van der Waals surface area contributed by atoms with Gasteiger partial charge < -0.3 is 10.1 Å². The highest BCUT2D eigenvalue weighted by molar-refractivity contribution is 6.30. The molecule has 1 N–H and O–H groups in total. The van der Waals surface area contributed by atoms with Crippen molar-refractivity contribution >= 4 is 17.3 Å². The van der Waals surface area contributed by atoms with Crippen LogP contribution in [0.5, 0.6) is 5.75 Å². The van der Waals surface area contributed by atoms with Crippen LogP contribution in [0.25, 0.3) is 0 Å². The third-order valence-corrected chi connectivity index (χ3v) is 3.58. The molecule has 2 aromatic rings. The van der Waals surface area contributed by atoms with Crippen LogP contribution in [-0.2, 0) is 13.0 Å². The van der Waals surface area contributed by atoms with Crippen LogP contribution in [-0.4, -0.2) is 5.71 Å². The summed E-state index contributed by atoms with van der Waals surface area (Å²) >= 11 is 5.94. The molecule has 96 valence electrons. The van der Waals surface area contributed by atoms with Gasteiger partial charge in [-0.2, -0.15) is 0 Å². The van der Waals surface area contributed by atoms with Crippen LogP contribution in [0.2, 0.25) is 5.02 Å². The maximum atomic E-state index is 7.88. The molecule has 3 heteroatoms. The molecule has 0 amide bonds. The maximum absolute atomic E-state index is 7.88. The number of nitrogens with one attached hydrogen (secondary N) is 1. The molecule has 0 spiro atoms. The van der Waals surface area contributed by atoms with Crippen molar-refractivity contribution in [1.82, 2.24) is 0 Å². The van der Waals surface area contributed by atoms with Gasteiger partial charge in [0.05, 0.1) is 0 Å². The number of fused-ring (bicyclic) bond motifs is 1. The number of benzene rings is 2. The van der Waals surface area contributed by atoms with Gasteiger partial charge in [0, 0.05) is 16.3 Å². The van der Waals surface area contributed by atoms with E-state index in [2.05, 4.69) is 6.07 Å². The summed E-state index contributed by atoms with van der Waals surface area (Å²) in [4.78, 5) is 0. The van der Waals surface area contributed by atoms with Crippen molar-refractivity contribution in [1.29, 1.82) is 5.41 Å². The lowest BCUT2D eigenvalue weighted by Crippen LogP contribution is -1.97. The first-order valence-electron chi connectivity index (χ1n) is 6.30. The Labute approximate surface area is 117 Å². The number of rotatable bonds is 3. The van der Waals surface area contributed by atoms with E-state index in [0.29, 0.717) is 12.3 Å². The molecule has 0 saturated heterocycles. The average Bonchev–Trinajstić information content (AvgIpc) is 2.78. The van der Waals surface area contributed by atoms with Crippen molar-refractivity contribution in [3.8, 4) is 5.75 Å². The van der Waals surface area contributed by atoms with Crippen LogP contribution >= 0.6 is 11.6 Å². The second-order valence-electron chi connectivity index (χ2n) is 4.72. The molecule has 0 fully saturated rings. The third-order valence-electron chi connectivity index (χ3n) is 3.35. The number of aryl methyl sites for hydroxylation is 1. The van der Waals surface area contributed by atoms with Crippen molar-refractivity contribution < 1.29 is 4.74 Å². The van der Waals surface area contributed by atoms with E-state index in [1.165, 1.54) is 5.56 Å². The molecule has 0 atom stereocenters. The molecule has 2 aromatic carbocycles. The fourth-order valence-electron chi connectivity index (χ4n) is 2.33. The number of halogens is 1. The van der Waals surface area contributed by atoms with Gasteiger partial charge in [-0.25, -0.2) is 0 Å². The second kappa shape index (κ2) is 5.06. The molecular formula is C16H14ClNO. The summed E-state index contributed by atoms with van der Waals surface area (Å²) in [6.07, 6.45) is 1.82.